The molecular weight excluding hydrogens is 361 g/mol. The molecule has 1 saturated carbocycles. The van der Waals surface area contributed by atoms with E-state index >= 15 is 0 Å². The summed E-state index contributed by atoms with van der Waals surface area (Å²) in [7, 11) is 0. The van der Waals surface area contributed by atoms with Crippen molar-refractivity contribution in [3.05, 3.63) is 57.6 Å². The molecule has 0 bridgehead atoms. The SMILES string of the molecule is O=C(NCCc1ccc(Cl)cc1Cl)C1(c2ccc3c(c2)OCO3)CC1. The van der Waals surface area contributed by atoms with Crippen LogP contribution in [0.2, 0.25) is 10.0 Å². The standard InChI is InChI=1S/C19H17Cl2NO3/c20-14-3-1-12(15(21)10-14)5-8-22-18(23)19(6-7-19)13-2-4-16-17(9-13)25-11-24-16/h1-4,9-10H,5-8,11H2,(H,22,23). The van der Waals surface area contributed by atoms with Crippen molar-refractivity contribution in [1.29, 1.82) is 0 Å². The van der Waals surface area contributed by atoms with Gasteiger partial charge in [-0.05, 0) is 54.7 Å². The van der Waals surface area contributed by atoms with Gasteiger partial charge in [0.05, 0.1) is 5.41 Å². The molecule has 1 heterocycles. The molecule has 0 atom stereocenters. The van der Waals surface area contributed by atoms with E-state index in [1.165, 1.54) is 0 Å². The number of ether oxygens (including phenoxy) is 2. The fourth-order valence-corrected chi connectivity index (χ4v) is 3.67. The third kappa shape index (κ3) is 3.16. The Balaban J connectivity index is 1.41. The van der Waals surface area contributed by atoms with E-state index in [-0.39, 0.29) is 12.7 Å². The van der Waals surface area contributed by atoms with Crippen molar-refractivity contribution < 1.29 is 14.3 Å². The Morgan fingerprint density at radius 3 is 2.64 bits per heavy atom. The van der Waals surface area contributed by atoms with Gasteiger partial charge in [-0.25, -0.2) is 0 Å². The van der Waals surface area contributed by atoms with Gasteiger partial charge in [-0.2, -0.15) is 0 Å². The Labute approximate surface area is 156 Å². The Hall–Kier alpha value is -1.91. The van der Waals surface area contributed by atoms with Crippen molar-refractivity contribution in [1.82, 2.24) is 5.32 Å². The van der Waals surface area contributed by atoms with Gasteiger partial charge in [0.25, 0.3) is 0 Å². The molecule has 0 radical (unpaired) electrons. The van der Waals surface area contributed by atoms with E-state index in [9.17, 15) is 4.79 Å². The monoisotopic (exact) mass is 377 g/mol. The number of fused-ring (bicyclic) bond motifs is 1. The molecule has 1 aliphatic heterocycles. The number of amides is 1. The van der Waals surface area contributed by atoms with E-state index < -0.39 is 5.41 Å². The van der Waals surface area contributed by atoms with E-state index in [1.54, 1.807) is 12.1 Å². The summed E-state index contributed by atoms with van der Waals surface area (Å²) in [6.07, 6.45) is 2.36. The van der Waals surface area contributed by atoms with Crippen LogP contribution in [-0.4, -0.2) is 19.2 Å². The van der Waals surface area contributed by atoms with Crippen molar-refractivity contribution in [2.24, 2.45) is 0 Å². The highest BCUT2D eigenvalue weighted by Gasteiger charge is 2.51. The van der Waals surface area contributed by atoms with Gasteiger partial charge in [0.15, 0.2) is 11.5 Å². The minimum absolute atomic E-state index is 0.0523. The quantitative estimate of drug-likeness (QED) is 0.852. The van der Waals surface area contributed by atoms with Crippen molar-refractivity contribution >= 4 is 29.1 Å². The van der Waals surface area contributed by atoms with Crippen LogP contribution >= 0.6 is 23.2 Å². The summed E-state index contributed by atoms with van der Waals surface area (Å²) in [4.78, 5) is 12.7. The lowest BCUT2D eigenvalue weighted by Gasteiger charge is -2.16. The van der Waals surface area contributed by atoms with Crippen molar-refractivity contribution in [2.45, 2.75) is 24.7 Å². The number of hydrogen-bond donors (Lipinski definition) is 1. The Morgan fingerprint density at radius 2 is 1.88 bits per heavy atom. The first kappa shape index (κ1) is 16.6. The van der Waals surface area contributed by atoms with Crippen LogP contribution in [0.25, 0.3) is 0 Å². The van der Waals surface area contributed by atoms with Crippen LogP contribution in [0.4, 0.5) is 0 Å². The molecule has 4 rings (SSSR count). The molecule has 0 saturated heterocycles. The number of halogens is 2. The van der Waals surface area contributed by atoms with Gasteiger partial charge < -0.3 is 14.8 Å². The zero-order chi connectivity index (χ0) is 17.4. The number of benzene rings is 2. The Bertz CT molecular complexity index is 833. The molecule has 1 N–H and O–H groups in total. The van der Waals surface area contributed by atoms with Crippen molar-refractivity contribution in [3.63, 3.8) is 0 Å². The van der Waals surface area contributed by atoms with Crippen LogP contribution in [0, 0.1) is 0 Å². The van der Waals surface area contributed by atoms with E-state index in [0.717, 1.165) is 29.7 Å². The summed E-state index contributed by atoms with van der Waals surface area (Å²) in [5.74, 6) is 1.50. The first-order chi connectivity index (χ1) is 12.1. The van der Waals surface area contributed by atoms with E-state index in [4.69, 9.17) is 32.7 Å². The molecule has 1 fully saturated rings. The third-order valence-corrected chi connectivity index (χ3v) is 5.39. The molecule has 0 spiro atoms. The maximum atomic E-state index is 12.7. The number of carbonyl (C=O) groups excluding carboxylic acids is 1. The lowest BCUT2D eigenvalue weighted by Crippen LogP contribution is -2.35. The minimum Gasteiger partial charge on any atom is -0.454 e. The van der Waals surface area contributed by atoms with Crippen molar-refractivity contribution in [3.8, 4) is 11.5 Å². The zero-order valence-corrected chi connectivity index (χ0v) is 15.0. The summed E-state index contributed by atoms with van der Waals surface area (Å²) in [6, 6.07) is 11.2. The molecule has 130 valence electrons. The Morgan fingerprint density at radius 1 is 1.08 bits per heavy atom. The topological polar surface area (TPSA) is 47.6 Å². The molecule has 1 amide bonds. The normalized spacial score (nSPS) is 16.6. The molecule has 4 nitrogen and oxygen atoms in total. The van der Waals surface area contributed by atoms with E-state index in [2.05, 4.69) is 5.32 Å². The fourth-order valence-electron chi connectivity index (χ4n) is 3.17. The Kier molecular flexibility index (Phi) is 4.26. The lowest BCUT2D eigenvalue weighted by atomic mass is 9.94. The molecular formula is C19H17Cl2NO3. The smallest absolute Gasteiger partial charge is 0.231 e. The highest BCUT2D eigenvalue weighted by Crippen LogP contribution is 2.50. The van der Waals surface area contributed by atoms with Crippen LogP contribution in [0.3, 0.4) is 0 Å². The lowest BCUT2D eigenvalue weighted by molar-refractivity contribution is -0.123. The number of nitrogens with one attached hydrogen (secondary N) is 1. The molecule has 25 heavy (non-hydrogen) atoms. The second kappa shape index (κ2) is 6.43. The molecule has 2 aromatic carbocycles. The van der Waals surface area contributed by atoms with Gasteiger partial charge in [0.1, 0.15) is 0 Å². The molecule has 6 heteroatoms. The first-order valence-corrected chi connectivity index (χ1v) is 8.96. The summed E-state index contributed by atoms with van der Waals surface area (Å²) < 4.78 is 10.8. The number of rotatable bonds is 5. The zero-order valence-electron chi connectivity index (χ0n) is 13.5. The highest BCUT2D eigenvalue weighted by atomic mass is 35.5. The van der Waals surface area contributed by atoms with Gasteiger partial charge >= 0.3 is 0 Å². The van der Waals surface area contributed by atoms with Crippen LogP contribution in [0.1, 0.15) is 24.0 Å². The largest absolute Gasteiger partial charge is 0.454 e. The summed E-state index contributed by atoms with van der Waals surface area (Å²) in [6.45, 7) is 0.770. The number of hydrogen-bond acceptors (Lipinski definition) is 3. The van der Waals surface area contributed by atoms with Gasteiger partial charge in [-0.1, -0.05) is 35.3 Å². The predicted molar refractivity (Wildman–Crippen MR) is 96.7 cm³/mol. The molecule has 2 aliphatic rings. The van der Waals surface area contributed by atoms with Crippen LogP contribution in [-0.2, 0) is 16.6 Å². The van der Waals surface area contributed by atoms with E-state index in [1.807, 2.05) is 24.3 Å². The molecule has 0 aromatic heterocycles. The molecule has 2 aromatic rings. The first-order valence-electron chi connectivity index (χ1n) is 8.21. The van der Waals surface area contributed by atoms with Gasteiger partial charge in [-0.3, -0.25) is 4.79 Å². The van der Waals surface area contributed by atoms with Gasteiger partial charge in [0.2, 0.25) is 12.7 Å². The highest BCUT2D eigenvalue weighted by molar-refractivity contribution is 6.35. The fraction of sp³-hybridized carbons (Fsp3) is 0.316. The summed E-state index contributed by atoms with van der Waals surface area (Å²) in [5, 5.41) is 4.27. The summed E-state index contributed by atoms with van der Waals surface area (Å²) >= 11 is 12.1. The van der Waals surface area contributed by atoms with Crippen LogP contribution in [0.5, 0.6) is 11.5 Å². The molecule has 1 aliphatic carbocycles. The minimum atomic E-state index is -0.440. The maximum absolute atomic E-state index is 12.7. The predicted octanol–water partition coefficient (Wildman–Crippen LogP) is 4.11. The summed E-state index contributed by atoms with van der Waals surface area (Å²) in [5.41, 5.74) is 1.52. The average Bonchev–Trinajstić information content (AvgIpc) is 3.28. The maximum Gasteiger partial charge on any atom is 0.231 e. The second-order valence-corrected chi connectivity index (χ2v) is 7.24. The van der Waals surface area contributed by atoms with Crippen LogP contribution < -0.4 is 14.8 Å². The van der Waals surface area contributed by atoms with Gasteiger partial charge in [0, 0.05) is 16.6 Å². The number of carbonyl (C=O) groups is 1. The molecule has 0 unspecified atom stereocenters. The third-order valence-electron chi connectivity index (χ3n) is 4.80. The average molecular weight is 378 g/mol. The van der Waals surface area contributed by atoms with Crippen molar-refractivity contribution in [2.75, 3.05) is 13.3 Å². The van der Waals surface area contributed by atoms with Gasteiger partial charge in [-0.15, -0.1) is 0 Å². The second-order valence-electron chi connectivity index (χ2n) is 6.39. The van der Waals surface area contributed by atoms with E-state index in [0.29, 0.717) is 28.8 Å². The van der Waals surface area contributed by atoms with Crippen LogP contribution in [0.15, 0.2) is 36.4 Å².